The maximum absolute atomic E-state index is 13.0. The Kier molecular flexibility index (Phi) is 3.55. The number of carbonyl (C=O) groups is 1. The second-order valence-corrected chi connectivity index (χ2v) is 3.77. The average Bonchev–Trinajstić information content (AvgIpc) is 2.33. The number of hydrogen-bond donors (Lipinski definition) is 2. The van der Waals surface area contributed by atoms with Gasteiger partial charge in [-0.1, -0.05) is 0 Å². The first kappa shape index (κ1) is 11.8. The van der Waals surface area contributed by atoms with Crippen LogP contribution >= 0.6 is 0 Å². The van der Waals surface area contributed by atoms with E-state index in [1.165, 1.54) is 12.1 Å². The minimum atomic E-state index is -0.480. The summed E-state index contributed by atoms with van der Waals surface area (Å²) in [6, 6.07) is 3.73. The molecule has 1 heterocycles. The predicted molar refractivity (Wildman–Crippen MR) is 60.7 cm³/mol. The van der Waals surface area contributed by atoms with Crippen LogP contribution in [0.1, 0.15) is 10.4 Å². The van der Waals surface area contributed by atoms with Crippen molar-refractivity contribution < 1.29 is 13.9 Å². The number of amides is 1. The van der Waals surface area contributed by atoms with E-state index in [4.69, 9.17) is 10.5 Å². The van der Waals surface area contributed by atoms with Crippen LogP contribution in [0.15, 0.2) is 18.2 Å². The summed E-state index contributed by atoms with van der Waals surface area (Å²) in [5, 5.41) is 1.73. The van der Waals surface area contributed by atoms with Gasteiger partial charge < -0.3 is 10.5 Å². The molecule has 5 nitrogen and oxygen atoms in total. The van der Waals surface area contributed by atoms with Crippen LogP contribution in [0, 0.1) is 5.82 Å². The van der Waals surface area contributed by atoms with E-state index in [1.54, 1.807) is 5.01 Å². The van der Waals surface area contributed by atoms with Crippen LogP contribution < -0.4 is 11.2 Å². The first-order valence-corrected chi connectivity index (χ1v) is 5.35. The summed E-state index contributed by atoms with van der Waals surface area (Å²) in [6.45, 7) is 2.36. The second kappa shape index (κ2) is 5.11. The molecule has 0 saturated carbocycles. The monoisotopic (exact) mass is 239 g/mol. The Labute approximate surface area is 98.3 Å². The zero-order chi connectivity index (χ0) is 12.3. The molecule has 1 saturated heterocycles. The summed E-state index contributed by atoms with van der Waals surface area (Å²) in [5.74, 6) is -0.879. The highest BCUT2D eigenvalue weighted by Gasteiger charge is 2.16. The zero-order valence-electron chi connectivity index (χ0n) is 9.28. The van der Waals surface area contributed by atoms with Gasteiger partial charge in [-0.3, -0.25) is 10.2 Å². The first-order valence-electron chi connectivity index (χ1n) is 5.35. The van der Waals surface area contributed by atoms with Crippen molar-refractivity contribution in [2.75, 3.05) is 32.0 Å². The van der Waals surface area contributed by atoms with E-state index >= 15 is 0 Å². The van der Waals surface area contributed by atoms with E-state index < -0.39 is 11.7 Å². The number of anilines is 1. The van der Waals surface area contributed by atoms with E-state index in [2.05, 4.69) is 5.43 Å². The molecule has 1 amide bonds. The van der Waals surface area contributed by atoms with Crippen LogP contribution in [0.3, 0.4) is 0 Å². The van der Waals surface area contributed by atoms with Gasteiger partial charge in [0.15, 0.2) is 0 Å². The van der Waals surface area contributed by atoms with Crippen LogP contribution in [-0.2, 0) is 4.74 Å². The fourth-order valence-corrected chi connectivity index (χ4v) is 1.60. The first-order chi connectivity index (χ1) is 8.16. The number of nitrogen functional groups attached to an aromatic ring is 1. The molecule has 1 aliphatic heterocycles. The number of rotatable bonds is 2. The number of nitrogens with zero attached hydrogens (tertiary/aromatic N) is 1. The number of morpholine rings is 1. The molecular formula is C11H14FN3O2. The molecule has 0 aromatic heterocycles. The van der Waals surface area contributed by atoms with Crippen LogP contribution in [0.5, 0.6) is 0 Å². The van der Waals surface area contributed by atoms with Gasteiger partial charge in [0.1, 0.15) is 5.82 Å². The summed E-state index contributed by atoms with van der Waals surface area (Å²) in [4.78, 5) is 11.8. The van der Waals surface area contributed by atoms with Crippen molar-refractivity contribution in [3.63, 3.8) is 0 Å². The zero-order valence-corrected chi connectivity index (χ0v) is 9.28. The lowest BCUT2D eigenvalue weighted by atomic mass is 10.1. The summed E-state index contributed by atoms with van der Waals surface area (Å²) in [6.07, 6.45) is 0. The Morgan fingerprint density at radius 2 is 2.12 bits per heavy atom. The molecule has 2 rings (SSSR count). The number of halogens is 1. The minimum Gasteiger partial charge on any atom is -0.398 e. The van der Waals surface area contributed by atoms with Gasteiger partial charge >= 0.3 is 0 Å². The topological polar surface area (TPSA) is 67.6 Å². The lowest BCUT2D eigenvalue weighted by Crippen LogP contribution is -2.48. The fourth-order valence-electron chi connectivity index (χ4n) is 1.60. The summed E-state index contributed by atoms with van der Waals surface area (Å²) >= 11 is 0. The van der Waals surface area contributed by atoms with Gasteiger partial charge in [-0.25, -0.2) is 9.40 Å². The number of hydrogen-bond acceptors (Lipinski definition) is 4. The van der Waals surface area contributed by atoms with Gasteiger partial charge in [0.25, 0.3) is 5.91 Å². The van der Waals surface area contributed by atoms with E-state index in [9.17, 15) is 9.18 Å². The Balaban J connectivity index is 2.05. The van der Waals surface area contributed by atoms with Gasteiger partial charge in [0, 0.05) is 18.8 Å². The summed E-state index contributed by atoms with van der Waals surface area (Å²) in [7, 11) is 0. The van der Waals surface area contributed by atoms with Crippen molar-refractivity contribution in [1.82, 2.24) is 10.4 Å². The molecule has 1 fully saturated rings. The molecule has 0 radical (unpaired) electrons. The second-order valence-electron chi connectivity index (χ2n) is 3.77. The number of ether oxygens (including phenoxy) is 1. The molecular weight excluding hydrogens is 225 g/mol. The van der Waals surface area contributed by atoms with Crippen LogP contribution in [0.25, 0.3) is 0 Å². The third-order valence-corrected chi connectivity index (χ3v) is 2.53. The quantitative estimate of drug-likeness (QED) is 0.732. The number of carbonyl (C=O) groups excluding carboxylic acids is 1. The molecule has 92 valence electrons. The number of nitrogens with one attached hydrogen (secondary N) is 1. The highest BCUT2D eigenvalue weighted by atomic mass is 19.1. The molecule has 0 aliphatic carbocycles. The van der Waals surface area contributed by atoms with Crippen molar-refractivity contribution in [3.05, 3.63) is 29.6 Å². The van der Waals surface area contributed by atoms with Crippen molar-refractivity contribution in [2.45, 2.75) is 0 Å². The van der Waals surface area contributed by atoms with E-state index in [-0.39, 0.29) is 11.3 Å². The molecule has 0 atom stereocenters. The van der Waals surface area contributed by atoms with Crippen LogP contribution in [0.2, 0.25) is 0 Å². The van der Waals surface area contributed by atoms with Crippen molar-refractivity contribution in [2.24, 2.45) is 0 Å². The van der Waals surface area contributed by atoms with Gasteiger partial charge in [-0.15, -0.1) is 0 Å². The van der Waals surface area contributed by atoms with Crippen molar-refractivity contribution in [1.29, 1.82) is 0 Å². The van der Waals surface area contributed by atoms with Crippen LogP contribution in [-0.4, -0.2) is 37.2 Å². The lowest BCUT2D eigenvalue weighted by Gasteiger charge is -2.27. The average molecular weight is 239 g/mol. The Bertz CT molecular complexity index is 419. The standard InChI is InChI=1S/C11H14FN3O2/c12-8-1-2-10(13)9(7-8)11(16)14-15-3-5-17-6-4-15/h1-2,7H,3-6,13H2,(H,14,16). The van der Waals surface area contributed by atoms with E-state index in [0.29, 0.717) is 26.3 Å². The van der Waals surface area contributed by atoms with Crippen molar-refractivity contribution >= 4 is 11.6 Å². The smallest absolute Gasteiger partial charge is 0.267 e. The van der Waals surface area contributed by atoms with Crippen LogP contribution in [0.4, 0.5) is 10.1 Å². The Hall–Kier alpha value is -1.66. The third kappa shape index (κ3) is 2.92. The SMILES string of the molecule is Nc1ccc(F)cc1C(=O)NN1CCOCC1. The largest absolute Gasteiger partial charge is 0.398 e. The highest BCUT2D eigenvalue weighted by molar-refractivity contribution is 5.98. The van der Waals surface area contributed by atoms with Gasteiger partial charge in [0.05, 0.1) is 18.8 Å². The number of hydrazine groups is 1. The van der Waals surface area contributed by atoms with E-state index in [1.807, 2.05) is 0 Å². The van der Waals surface area contributed by atoms with E-state index in [0.717, 1.165) is 6.07 Å². The molecule has 0 spiro atoms. The predicted octanol–water partition coefficient (Wildman–Crippen LogP) is 0.385. The van der Waals surface area contributed by atoms with Gasteiger partial charge in [-0.2, -0.15) is 0 Å². The Morgan fingerprint density at radius 3 is 2.82 bits per heavy atom. The minimum absolute atomic E-state index is 0.150. The molecule has 6 heteroatoms. The third-order valence-electron chi connectivity index (χ3n) is 2.53. The fraction of sp³-hybridized carbons (Fsp3) is 0.364. The molecule has 3 N–H and O–H groups in total. The van der Waals surface area contributed by atoms with Crippen molar-refractivity contribution in [3.8, 4) is 0 Å². The molecule has 1 aromatic carbocycles. The Morgan fingerprint density at radius 1 is 1.41 bits per heavy atom. The molecule has 0 bridgehead atoms. The van der Waals surface area contributed by atoms with Gasteiger partial charge in [0.2, 0.25) is 0 Å². The highest BCUT2D eigenvalue weighted by Crippen LogP contribution is 2.13. The maximum Gasteiger partial charge on any atom is 0.267 e. The lowest BCUT2D eigenvalue weighted by molar-refractivity contribution is 0.0126. The van der Waals surface area contributed by atoms with Gasteiger partial charge in [-0.05, 0) is 18.2 Å². The molecule has 1 aliphatic rings. The molecule has 17 heavy (non-hydrogen) atoms. The normalized spacial score (nSPS) is 16.8. The summed E-state index contributed by atoms with van der Waals surface area (Å²) in [5.41, 5.74) is 8.71. The molecule has 1 aromatic rings. The number of nitrogens with two attached hydrogens (primary N) is 1. The summed E-state index contributed by atoms with van der Waals surface area (Å²) < 4.78 is 18.2. The molecule has 0 unspecified atom stereocenters. The number of benzene rings is 1. The maximum atomic E-state index is 13.0.